The predicted octanol–water partition coefficient (Wildman–Crippen LogP) is 3.99. The lowest BCUT2D eigenvalue weighted by molar-refractivity contribution is 0.0477. The molecule has 1 aromatic carbocycles. The van der Waals surface area contributed by atoms with Gasteiger partial charge in [0, 0.05) is 10.6 Å². The molecule has 0 aliphatic heterocycles. The van der Waals surface area contributed by atoms with E-state index in [1.165, 1.54) is 17.4 Å². The van der Waals surface area contributed by atoms with Gasteiger partial charge in [-0.1, -0.05) is 23.2 Å². The van der Waals surface area contributed by atoms with Gasteiger partial charge in [0.1, 0.15) is 6.61 Å². The van der Waals surface area contributed by atoms with E-state index in [-0.39, 0.29) is 11.6 Å². The highest BCUT2D eigenvalue weighted by Crippen LogP contribution is 2.24. The van der Waals surface area contributed by atoms with Crippen LogP contribution in [0.4, 0.5) is 5.69 Å². The van der Waals surface area contributed by atoms with Gasteiger partial charge >= 0.3 is 5.97 Å². The van der Waals surface area contributed by atoms with Gasteiger partial charge in [0.05, 0.1) is 14.9 Å². The van der Waals surface area contributed by atoms with E-state index >= 15 is 0 Å². The maximum absolute atomic E-state index is 11.8. The van der Waals surface area contributed by atoms with E-state index in [1.807, 2.05) is 6.07 Å². The Balaban J connectivity index is 2.03. The van der Waals surface area contributed by atoms with E-state index < -0.39 is 5.97 Å². The standard InChI is InChI=1S/C12H9Cl2NO2S/c13-10-5-7(15)1-3-9(10)12(16)17-6-8-2-4-11(14)18-8/h1-5H,6,15H2. The molecule has 0 unspecified atom stereocenters. The lowest BCUT2D eigenvalue weighted by Gasteiger charge is -2.05. The zero-order chi connectivity index (χ0) is 13.1. The van der Waals surface area contributed by atoms with Gasteiger partial charge in [-0.3, -0.25) is 0 Å². The van der Waals surface area contributed by atoms with Gasteiger partial charge in [-0.25, -0.2) is 4.79 Å². The minimum atomic E-state index is -0.482. The first kappa shape index (κ1) is 13.2. The summed E-state index contributed by atoms with van der Waals surface area (Å²) < 4.78 is 5.79. The summed E-state index contributed by atoms with van der Waals surface area (Å²) in [4.78, 5) is 12.7. The van der Waals surface area contributed by atoms with Gasteiger partial charge in [-0.15, -0.1) is 11.3 Å². The fourth-order valence-corrected chi connectivity index (χ4v) is 2.61. The Morgan fingerprint density at radius 2 is 2.06 bits per heavy atom. The van der Waals surface area contributed by atoms with E-state index in [9.17, 15) is 4.79 Å². The average molecular weight is 302 g/mol. The number of anilines is 1. The molecule has 2 aromatic rings. The summed E-state index contributed by atoms with van der Waals surface area (Å²) in [5, 5.41) is 0.282. The second-order valence-corrected chi connectivity index (χ2v) is 5.73. The van der Waals surface area contributed by atoms with Crippen molar-refractivity contribution in [2.75, 3.05) is 5.73 Å². The van der Waals surface area contributed by atoms with Crippen LogP contribution in [0.1, 0.15) is 15.2 Å². The van der Waals surface area contributed by atoms with Crippen LogP contribution < -0.4 is 5.73 Å². The van der Waals surface area contributed by atoms with Gasteiger partial charge in [-0.2, -0.15) is 0 Å². The van der Waals surface area contributed by atoms with E-state index in [1.54, 1.807) is 18.2 Å². The lowest BCUT2D eigenvalue weighted by Crippen LogP contribution is -2.05. The smallest absolute Gasteiger partial charge is 0.340 e. The highest BCUT2D eigenvalue weighted by molar-refractivity contribution is 7.16. The summed E-state index contributed by atoms with van der Waals surface area (Å²) in [6, 6.07) is 8.22. The summed E-state index contributed by atoms with van der Waals surface area (Å²) in [5.41, 5.74) is 6.35. The highest BCUT2D eigenvalue weighted by Gasteiger charge is 2.12. The molecule has 0 saturated carbocycles. The Kier molecular flexibility index (Phi) is 4.11. The normalized spacial score (nSPS) is 10.3. The Hall–Kier alpha value is -1.23. The largest absolute Gasteiger partial charge is 0.456 e. The number of nitrogen functional groups attached to an aromatic ring is 1. The van der Waals surface area contributed by atoms with Gasteiger partial charge in [-0.05, 0) is 30.3 Å². The minimum Gasteiger partial charge on any atom is -0.456 e. The maximum Gasteiger partial charge on any atom is 0.340 e. The van der Waals surface area contributed by atoms with Gasteiger partial charge in [0.25, 0.3) is 0 Å². The molecule has 0 atom stereocenters. The Bertz CT molecular complexity index is 583. The molecule has 1 aromatic heterocycles. The first-order valence-corrected chi connectivity index (χ1v) is 6.60. The average Bonchev–Trinajstić information content (AvgIpc) is 2.72. The second-order valence-electron chi connectivity index (χ2n) is 3.52. The number of hydrogen-bond acceptors (Lipinski definition) is 4. The number of carbonyl (C=O) groups is 1. The molecule has 0 radical (unpaired) electrons. The van der Waals surface area contributed by atoms with Crippen LogP contribution in [0, 0.1) is 0 Å². The molecule has 1 heterocycles. The van der Waals surface area contributed by atoms with Crippen molar-refractivity contribution in [1.29, 1.82) is 0 Å². The first-order chi connectivity index (χ1) is 8.56. The van der Waals surface area contributed by atoms with Crippen molar-refractivity contribution < 1.29 is 9.53 Å². The van der Waals surface area contributed by atoms with Gasteiger partial charge in [0.15, 0.2) is 0 Å². The highest BCUT2D eigenvalue weighted by atomic mass is 35.5. The van der Waals surface area contributed by atoms with E-state index in [0.29, 0.717) is 15.6 Å². The molecule has 18 heavy (non-hydrogen) atoms. The van der Waals surface area contributed by atoms with Crippen LogP contribution >= 0.6 is 34.5 Å². The molecule has 6 heteroatoms. The van der Waals surface area contributed by atoms with E-state index in [2.05, 4.69) is 0 Å². The zero-order valence-electron chi connectivity index (χ0n) is 9.15. The predicted molar refractivity (Wildman–Crippen MR) is 74.3 cm³/mol. The van der Waals surface area contributed by atoms with Crippen LogP contribution in [-0.4, -0.2) is 5.97 Å². The van der Waals surface area contributed by atoms with E-state index in [4.69, 9.17) is 33.7 Å². The molecule has 0 bridgehead atoms. The summed E-state index contributed by atoms with van der Waals surface area (Å²) in [5.74, 6) is -0.482. The molecule has 0 saturated heterocycles. The number of rotatable bonds is 3. The number of nitrogens with two attached hydrogens (primary N) is 1. The van der Waals surface area contributed by atoms with Crippen molar-refractivity contribution in [3.05, 3.63) is 50.1 Å². The van der Waals surface area contributed by atoms with Crippen molar-refractivity contribution in [1.82, 2.24) is 0 Å². The number of halogens is 2. The first-order valence-electron chi connectivity index (χ1n) is 5.02. The Labute approximate surface area is 118 Å². The molecular weight excluding hydrogens is 293 g/mol. The lowest BCUT2D eigenvalue weighted by atomic mass is 10.2. The molecule has 2 N–H and O–H groups in total. The number of ether oxygens (including phenoxy) is 1. The third-order valence-corrected chi connectivity index (χ3v) is 3.70. The summed E-state index contributed by atoms with van der Waals surface area (Å²) >= 11 is 13.1. The second kappa shape index (κ2) is 5.61. The van der Waals surface area contributed by atoms with Crippen LogP contribution in [-0.2, 0) is 11.3 Å². The van der Waals surface area contributed by atoms with E-state index in [0.717, 1.165) is 4.88 Å². The maximum atomic E-state index is 11.8. The fraction of sp³-hybridized carbons (Fsp3) is 0.0833. The fourth-order valence-electron chi connectivity index (χ4n) is 1.34. The third kappa shape index (κ3) is 3.16. The van der Waals surface area contributed by atoms with Crippen LogP contribution in [0.3, 0.4) is 0 Å². The van der Waals surface area contributed by atoms with Gasteiger partial charge in [0.2, 0.25) is 0 Å². The molecule has 0 aliphatic carbocycles. The topological polar surface area (TPSA) is 52.3 Å². The van der Waals surface area contributed by atoms with Crippen molar-refractivity contribution in [2.24, 2.45) is 0 Å². The number of benzene rings is 1. The Morgan fingerprint density at radius 1 is 1.28 bits per heavy atom. The molecule has 3 nitrogen and oxygen atoms in total. The monoisotopic (exact) mass is 301 g/mol. The summed E-state index contributed by atoms with van der Waals surface area (Å²) in [6.07, 6.45) is 0. The zero-order valence-corrected chi connectivity index (χ0v) is 11.5. The molecular formula is C12H9Cl2NO2S. The molecule has 94 valence electrons. The van der Waals surface area contributed by atoms with Crippen LogP contribution in [0.5, 0.6) is 0 Å². The molecule has 0 amide bonds. The quantitative estimate of drug-likeness (QED) is 0.689. The molecule has 2 rings (SSSR count). The summed E-state index contributed by atoms with van der Waals surface area (Å²) in [7, 11) is 0. The van der Waals surface area contributed by atoms with Crippen LogP contribution in [0.25, 0.3) is 0 Å². The number of hydrogen-bond donors (Lipinski definition) is 1. The Morgan fingerprint density at radius 3 is 2.67 bits per heavy atom. The molecule has 0 spiro atoms. The minimum absolute atomic E-state index is 0.178. The van der Waals surface area contributed by atoms with Crippen molar-refractivity contribution in [3.8, 4) is 0 Å². The van der Waals surface area contributed by atoms with Crippen LogP contribution in [0.15, 0.2) is 30.3 Å². The van der Waals surface area contributed by atoms with Gasteiger partial charge < -0.3 is 10.5 Å². The van der Waals surface area contributed by atoms with Crippen molar-refractivity contribution in [2.45, 2.75) is 6.61 Å². The molecule has 0 aliphatic rings. The SMILES string of the molecule is Nc1ccc(C(=O)OCc2ccc(Cl)s2)c(Cl)c1. The summed E-state index contributed by atoms with van der Waals surface area (Å²) in [6.45, 7) is 0.178. The number of esters is 1. The van der Waals surface area contributed by atoms with Crippen LogP contribution in [0.2, 0.25) is 9.36 Å². The molecule has 0 fully saturated rings. The van der Waals surface area contributed by atoms with Crippen molar-refractivity contribution in [3.63, 3.8) is 0 Å². The third-order valence-electron chi connectivity index (χ3n) is 2.19. The number of thiophene rings is 1. The number of carbonyl (C=O) groups excluding carboxylic acids is 1. The van der Waals surface area contributed by atoms with Crippen molar-refractivity contribution >= 4 is 46.2 Å².